The number of rotatable bonds is 5. The van der Waals surface area contributed by atoms with Gasteiger partial charge in [-0.3, -0.25) is 4.79 Å². The fourth-order valence-corrected chi connectivity index (χ4v) is 3.20. The van der Waals surface area contributed by atoms with Crippen LogP contribution in [0.25, 0.3) is 0 Å². The number of hydrogen-bond acceptors (Lipinski definition) is 5. The molecule has 0 bridgehead atoms. The van der Waals surface area contributed by atoms with E-state index in [1.54, 1.807) is 13.0 Å². The fourth-order valence-electron chi connectivity index (χ4n) is 2.30. The van der Waals surface area contributed by atoms with E-state index in [4.69, 9.17) is 4.52 Å². The van der Waals surface area contributed by atoms with E-state index in [0.717, 1.165) is 17.7 Å². The summed E-state index contributed by atoms with van der Waals surface area (Å²) < 4.78 is 4.88. The molecule has 0 saturated heterocycles. The Balaban J connectivity index is 1.70. The quantitative estimate of drug-likeness (QED) is 0.884. The average Bonchev–Trinajstić information content (AvgIpc) is 2.98. The van der Waals surface area contributed by atoms with Crippen LogP contribution in [0.4, 0.5) is 0 Å². The molecule has 1 aliphatic rings. The van der Waals surface area contributed by atoms with Gasteiger partial charge in [0.2, 0.25) is 0 Å². The summed E-state index contributed by atoms with van der Waals surface area (Å²) in [6, 6.07) is 5.40. The van der Waals surface area contributed by atoms with Crippen LogP contribution in [0.2, 0.25) is 0 Å². The van der Waals surface area contributed by atoms with Crippen molar-refractivity contribution in [1.82, 2.24) is 10.5 Å². The van der Waals surface area contributed by atoms with Crippen LogP contribution in [0.15, 0.2) is 28.1 Å². The maximum absolute atomic E-state index is 12.0. The molecule has 2 N–H and O–H groups in total. The predicted molar refractivity (Wildman–Crippen MR) is 74.5 cm³/mol. The number of carbonyl (C=O) groups is 1. The Hall–Kier alpha value is -1.66. The molecule has 106 valence electrons. The Morgan fingerprint density at radius 3 is 3.00 bits per heavy atom. The average molecular weight is 292 g/mol. The largest absolute Gasteiger partial charge is 0.382 e. The molecule has 2 aromatic heterocycles. The molecule has 2 aromatic rings. The molecule has 1 unspecified atom stereocenters. The van der Waals surface area contributed by atoms with E-state index < -0.39 is 5.60 Å². The van der Waals surface area contributed by atoms with Gasteiger partial charge in [0, 0.05) is 10.9 Å². The van der Waals surface area contributed by atoms with Crippen molar-refractivity contribution in [2.45, 2.75) is 25.4 Å². The molecule has 3 rings (SSSR count). The molecule has 0 spiro atoms. The van der Waals surface area contributed by atoms with Crippen molar-refractivity contribution in [3.8, 4) is 0 Å². The molecule has 6 heteroatoms. The van der Waals surface area contributed by atoms with Crippen LogP contribution in [-0.4, -0.2) is 22.7 Å². The molecule has 1 amide bonds. The van der Waals surface area contributed by atoms with E-state index in [2.05, 4.69) is 10.5 Å². The van der Waals surface area contributed by atoms with Gasteiger partial charge in [-0.05, 0) is 37.1 Å². The Kier molecular flexibility index (Phi) is 3.35. The zero-order valence-electron chi connectivity index (χ0n) is 11.1. The number of aryl methyl sites for hydroxylation is 1. The molecule has 0 aliphatic heterocycles. The van der Waals surface area contributed by atoms with E-state index in [1.165, 1.54) is 11.3 Å². The summed E-state index contributed by atoms with van der Waals surface area (Å²) in [5.74, 6) is 0.490. The number of hydrogen-bond donors (Lipinski definition) is 2. The minimum absolute atomic E-state index is 0.197. The standard InChI is InChI=1S/C14H16N2O3S/c1-9-7-11(16-19-9)13(17)15-8-14(18,10-4-5-10)12-3-2-6-20-12/h2-3,6-7,10,18H,4-5,8H2,1H3,(H,15,17). The van der Waals surface area contributed by atoms with Crippen molar-refractivity contribution in [1.29, 1.82) is 0 Å². The van der Waals surface area contributed by atoms with Crippen LogP contribution in [0.1, 0.15) is 34.0 Å². The smallest absolute Gasteiger partial charge is 0.273 e. The number of amides is 1. The van der Waals surface area contributed by atoms with Crippen LogP contribution in [0, 0.1) is 12.8 Å². The topological polar surface area (TPSA) is 75.4 Å². The van der Waals surface area contributed by atoms with Crippen LogP contribution in [-0.2, 0) is 5.60 Å². The Morgan fingerprint density at radius 2 is 2.45 bits per heavy atom. The van der Waals surface area contributed by atoms with E-state index in [9.17, 15) is 9.90 Å². The van der Waals surface area contributed by atoms with Crippen molar-refractivity contribution in [3.05, 3.63) is 39.9 Å². The third-order valence-corrected chi connectivity index (χ3v) is 4.62. The van der Waals surface area contributed by atoms with Gasteiger partial charge in [0.1, 0.15) is 11.4 Å². The van der Waals surface area contributed by atoms with Gasteiger partial charge in [0.15, 0.2) is 5.69 Å². The highest BCUT2D eigenvalue weighted by Crippen LogP contribution is 2.46. The normalized spacial score (nSPS) is 17.7. The molecule has 20 heavy (non-hydrogen) atoms. The monoisotopic (exact) mass is 292 g/mol. The van der Waals surface area contributed by atoms with Gasteiger partial charge >= 0.3 is 0 Å². The Morgan fingerprint density at radius 1 is 1.65 bits per heavy atom. The summed E-state index contributed by atoms with van der Waals surface area (Å²) in [6.07, 6.45) is 1.99. The summed E-state index contributed by atoms with van der Waals surface area (Å²) in [6.45, 7) is 1.93. The van der Waals surface area contributed by atoms with Gasteiger partial charge in [-0.15, -0.1) is 11.3 Å². The number of aliphatic hydroxyl groups is 1. The molecule has 1 saturated carbocycles. The molecule has 0 radical (unpaired) electrons. The SMILES string of the molecule is Cc1cc(C(=O)NCC(O)(c2cccs2)C2CC2)no1. The molecule has 1 atom stereocenters. The van der Waals surface area contributed by atoms with Crippen molar-refractivity contribution >= 4 is 17.2 Å². The Labute approximate surface area is 120 Å². The lowest BCUT2D eigenvalue weighted by Gasteiger charge is -2.27. The second-order valence-corrected chi connectivity index (χ2v) is 6.13. The lowest BCUT2D eigenvalue weighted by Crippen LogP contribution is -2.42. The van der Waals surface area contributed by atoms with Gasteiger partial charge in [0.25, 0.3) is 5.91 Å². The minimum atomic E-state index is -0.970. The van der Waals surface area contributed by atoms with Crippen LogP contribution in [0.5, 0.6) is 0 Å². The van der Waals surface area contributed by atoms with Crippen LogP contribution >= 0.6 is 11.3 Å². The first-order chi connectivity index (χ1) is 9.59. The zero-order valence-corrected chi connectivity index (χ0v) is 11.9. The number of carbonyl (C=O) groups excluding carboxylic acids is 1. The van der Waals surface area contributed by atoms with Crippen LogP contribution in [0.3, 0.4) is 0 Å². The van der Waals surface area contributed by atoms with Gasteiger partial charge in [0.05, 0.1) is 6.54 Å². The Bertz CT molecular complexity index is 604. The highest BCUT2D eigenvalue weighted by atomic mass is 32.1. The van der Waals surface area contributed by atoms with Crippen LogP contribution < -0.4 is 5.32 Å². The van der Waals surface area contributed by atoms with E-state index in [-0.39, 0.29) is 24.1 Å². The van der Waals surface area contributed by atoms with Gasteiger partial charge in [-0.2, -0.15) is 0 Å². The molecule has 1 aliphatic carbocycles. The molecule has 5 nitrogen and oxygen atoms in total. The second kappa shape index (κ2) is 5.03. The van der Waals surface area contributed by atoms with Crippen molar-refractivity contribution < 1.29 is 14.4 Å². The number of nitrogens with zero attached hydrogens (tertiary/aromatic N) is 1. The number of aromatic nitrogens is 1. The summed E-state index contributed by atoms with van der Waals surface area (Å²) >= 11 is 1.51. The zero-order chi connectivity index (χ0) is 14.2. The van der Waals surface area contributed by atoms with E-state index in [1.807, 2.05) is 17.5 Å². The molecular formula is C14H16N2O3S. The summed E-state index contributed by atoms with van der Waals surface area (Å²) in [4.78, 5) is 12.9. The highest BCUT2D eigenvalue weighted by Gasteiger charge is 2.46. The molecule has 0 aromatic carbocycles. The summed E-state index contributed by atoms with van der Waals surface area (Å²) in [7, 11) is 0. The predicted octanol–water partition coefficient (Wildman–Crippen LogP) is 2.07. The maximum Gasteiger partial charge on any atom is 0.273 e. The maximum atomic E-state index is 12.0. The van der Waals surface area contributed by atoms with E-state index >= 15 is 0 Å². The van der Waals surface area contributed by atoms with Crippen molar-refractivity contribution in [2.24, 2.45) is 5.92 Å². The van der Waals surface area contributed by atoms with Crippen molar-refractivity contribution in [2.75, 3.05) is 6.54 Å². The number of thiophene rings is 1. The first-order valence-electron chi connectivity index (χ1n) is 6.57. The molecular weight excluding hydrogens is 276 g/mol. The third kappa shape index (κ3) is 2.48. The molecule has 2 heterocycles. The van der Waals surface area contributed by atoms with E-state index in [0.29, 0.717) is 5.76 Å². The third-order valence-electron chi connectivity index (χ3n) is 3.58. The second-order valence-electron chi connectivity index (χ2n) is 5.18. The summed E-state index contributed by atoms with van der Waals surface area (Å²) in [5, 5.41) is 19.2. The lowest BCUT2D eigenvalue weighted by molar-refractivity contribution is 0.0168. The first-order valence-corrected chi connectivity index (χ1v) is 7.45. The highest BCUT2D eigenvalue weighted by molar-refractivity contribution is 7.10. The fraction of sp³-hybridized carbons (Fsp3) is 0.429. The minimum Gasteiger partial charge on any atom is -0.382 e. The van der Waals surface area contributed by atoms with Gasteiger partial charge in [-0.1, -0.05) is 11.2 Å². The van der Waals surface area contributed by atoms with Gasteiger partial charge < -0.3 is 14.9 Å². The lowest BCUT2D eigenvalue weighted by atomic mass is 9.95. The summed E-state index contributed by atoms with van der Waals surface area (Å²) in [5.41, 5.74) is -0.727. The van der Waals surface area contributed by atoms with Gasteiger partial charge in [-0.25, -0.2) is 0 Å². The number of nitrogens with one attached hydrogen (secondary N) is 1. The first kappa shape index (κ1) is 13.3. The molecule has 1 fully saturated rings. The van der Waals surface area contributed by atoms with Crippen molar-refractivity contribution in [3.63, 3.8) is 0 Å².